The largest absolute Gasteiger partial charge is 0.472 e. The Morgan fingerprint density at radius 3 is 0.567 bits per heavy atom. The van der Waals surface area contributed by atoms with Crippen molar-refractivity contribution in [3.63, 3.8) is 0 Å². The maximum Gasteiger partial charge on any atom is 0.472 e. The Labute approximate surface area is 638 Å². The van der Waals surface area contributed by atoms with Crippen LogP contribution in [0.1, 0.15) is 464 Å². The van der Waals surface area contributed by atoms with Gasteiger partial charge in [-0.15, -0.1) is 0 Å². The maximum atomic E-state index is 13.1. The van der Waals surface area contributed by atoms with E-state index in [-0.39, 0.29) is 25.7 Å². The summed E-state index contributed by atoms with van der Waals surface area (Å²) in [4.78, 5) is 73.0. The lowest BCUT2D eigenvalue weighted by Gasteiger charge is -2.21. The molecule has 0 saturated heterocycles. The zero-order valence-corrected chi connectivity index (χ0v) is 69.8. The lowest BCUT2D eigenvalue weighted by Crippen LogP contribution is -2.30. The van der Waals surface area contributed by atoms with Gasteiger partial charge >= 0.3 is 39.5 Å². The number of esters is 4. The molecule has 19 heteroatoms. The highest BCUT2D eigenvalue weighted by Gasteiger charge is 2.30. The standard InChI is InChI=1S/C85H166O17P2/c1-5-9-13-17-21-24-27-30-33-35-37-39-41-43-46-48-51-54-58-62-66-70-83(88)96-76-81(102-85(90)72-68-64-60-56-53-50-47-44-42-40-38-36-34-31-28-25-22-18-14-10-6-2)78-100-104(93,94)98-74-79(86)73-97-103(91,92)99-77-80(75-95-82(87)69-65-61-57-20-16-12-8-4)101-84(89)71-67-63-59-55-52-49-45-32-29-26-23-19-15-11-7-3/h79-81,86H,5-78H2,1-4H3,(H,91,92)(H,93,94)/t79-,80+,81+/m0/s1. The number of hydrogen-bond donors (Lipinski definition) is 3. The van der Waals surface area contributed by atoms with Crippen molar-refractivity contribution >= 4 is 39.5 Å². The van der Waals surface area contributed by atoms with Crippen LogP contribution in [0.15, 0.2) is 0 Å². The second-order valence-electron chi connectivity index (χ2n) is 30.6. The van der Waals surface area contributed by atoms with E-state index in [4.69, 9.17) is 37.0 Å². The van der Waals surface area contributed by atoms with Crippen LogP contribution in [0, 0.1) is 0 Å². The number of ether oxygens (including phenoxy) is 4. The highest BCUT2D eigenvalue weighted by Crippen LogP contribution is 2.45. The molecule has 2 unspecified atom stereocenters. The number of aliphatic hydroxyl groups is 1. The molecule has 0 spiro atoms. The number of unbranched alkanes of at least 4 members (excludes halogenated alkanes) is 60. The molecule has 3 N–H and O–H groups in total. The van der Waals surface area contributed by atoms with Crippen LogP contribution in [0.4, 0.5) is 0 Å². The molecule has 0 saturated carbocycles. The Morgan fingerprint density at radius 2 is 0.385 bits per heavy atom. The first-order valence-corrected chi connectivity index (χ1v) is 47.3. The quantitative estimate of drug-likeness (QED) is 0.0222. The molecule has 0 heterocycles. The molecular weight excluding hydrogens is 1350 g/mol. The number of aliphatic hydroxyl groups excluding tert-OH is 1. The number of phosphoric acid groups is 2. The van der Waals surface area contributed by atoms with Gasteiger partial charge in [0, 0.05) is 25.7 Å². The van der Waals surface area contributed by atoms with E-state index in [9.17, 15) is 43.2 Å². The molecule has 104 heavy (non-hydrogen) atoms. The van der Waals surface area contributed by atoms with Crippen LogP contribution in [-0.4, -0.2) is 96.7 Å². The summed E-state index contributed by atoms with van der Waals surface area (Å²) in [6, 6.07) is 0. The smallest absolute Gasteiger partial charge is 0.462 e. The van der Waals surface area contributed by atoms with Gasteiger partial charge in [0.1, 0.15) is 19.3 Å². The molecule has 0 fully saturated rings. The SMILES string of the molecule is CCCCCCCCCCCCCCCCCCCCCCCC(=O)OC[C@H](COP(=O)(O)OC[C@@H](O)COP(=O)(O)OC[C@@H](COC(=O)CCCCCCCCC)OC(=O)CCCCCCCCCCCCCCCCC)OC(=O)CCCCCCCCCCCCCCCCCCCCCCC. The van der Waals surface area contributed by atoms with E-state index in [1.54, 1.807) is 0 Å². The summed E-state index contributed by atoms with van der Waals surface area (Å²) in [6.07, 6.45) is 73.9. The Kier molecular flexibility index (Phi) is 77.7. The van der Waals surface area contributed by atoms with Gasteiger partial charge in [0.15, 0.2) is 12.2 Å². The first-order valence-electron chi connectivity index (χ1n) is 44.3. The van der Waals surface area contributed by atoms with Crippen molar-refractivity contribution in [2.75, 3.05) is 39.6 Å². The van der Waals surface area contributed by atoms with Gasteiger partial charge in [0.05, 0.1) is 26.4 Å². The normalized spacial score (nSPS) is 13.7. The summed E-state index contributed by atoms with van der Waals surface area (Å²) in [5.74, 6) is -2.11. The Morgan fingerprint density at radius 1 is 0.231 bits per heavy atom. The van der Waals surface area contributed by atoms with E-state index in [2.05, 4.69) is 27.7 Å². The van der Waals surface area contributed by atoms with Crippen LogP contribution in [-0.2, 0) is 65.4 Å². The van der Waals surface area contributed by atoms with Crippen LogP contribution < -0.4 is 0 Å². The fourth-order valence-corrected chi connectivity index (χ4v) is 14.9. The number of rotatable bonds is 86. The van der Waals surface area contributed by atoms with Gasteiger partial charge in [-0.2, -0.15) is 0 Å². The van der Waals surface area contributed by atoms with Gasteiger partial charge in [-0.1, -0.05) is 413 Å². The summed E-state index contributed by atoms with van der Waals surface area (Å²) in [7, 11) is -9.92. The van der Waals surface area contributed by atoms with E-state index in [0.29, 0.717) is 25.7 Å². The minimum Gasteiger partial charge on any atom is -0.462 e. The maximum absolute atomic E-state index is 13.1. The van der Waals surface area contributed by atoms with Crippen LogP contribution in [0.2, 0.25) is 0 Å². The second-order valence-corrected chi connectivity index (χ2v) is 33.5. The van der Waals surface area contributed by atoms with Crippen LogP contribution in [0.5, 0.6) is 0 Å². The van der Waals surface area contributed by atoms with Crippen molar-refractivity contribution in [1.82, 2.24) is 0 Å². The lowest BCUT2D eigenvalue weighted by molar-refractivity contribution is -0.161. The average molecular weight is 1520 g/mol. The number of phosphoric ester groups is 2. The van der Waals surface area contributed by atoms with Crippen molar-refractivity contribution < 1.29 is 80.2 Å². The highest BCUT2D eigenvalue weighted by molar-refractivity contribution is 7.47. The summed E-state index contributed by atoms with van der Waals surface area (Å²) in [5.41, 5.74) is 0. The van der Waals surface area contributed by atoms with Gasteiger partial charge in [-0.3, -0.25) is 37.3 Å². The zero-order valence-electron chi connectivity index (χ0n) is 68.0. The molecule has 0 bridgehead atoms. The van der Waals surface area contributed by atoms with E-state index in [1.165, 1.54) is 283 Å². The summed E-state index contributed by atoms with van der Waals surface area (Å²) in [5, 5.41) is 10.6. The zero-order chi connectivity index (χ0) is 76.0. The van der Waals surface area contributed by atoms with Crippen molar-refractivity contribution in [3.05, 3.63) is 0 Å². The van der Waals surface area contributed by atoms with Crippen LogP contribution in [0.3, 0.4) is 0 Å². The van der Waals surface area contributed by atoms with Gasteiger partial charge in [-0.25, -0.2) is 9.13 Å². The Balaban J connectivity index is 5.15. The molecule has 0 aromatic carbocycles. The first kappa shape index (κ1) is 102. The van der Waals surface area contributed by atoms with Gasteiger partial charge in [0.2, 0.25) is 0 Å². The summed E-state index contributed by atoms with van der Waals surface area (Å²) >= 11 is 0. The molecule has 5 atom stereocenters. The van der Waals surface area contributed by atoms with Crippen molar-refractivity contribution in [2.45, 2.75) is 483 Å². The molecular formula is C85H166O17P2. The topological polar surface area (TPSA) is 237 Å². The summed E-state index contributed by atoms with van der Waals surface area (Å²) < 4.78 is 68.7. The van der Waals surface area contributed by atoms with Gasteiger partial charge in [0.25, 0.3) is 0 Å². The fourth-order valence-electron chi connectivity index (χ4n) is 13.3. The van der Waals surface area contributed by atoms with E-state index in [1.807, 2.05) is 0 Å². The van der Waals surface area contributed by atoms with Gasteiger partial charge < -0.3 is 33.8 Å². The fraction of sp³-hybridized carbons (Fsp3) is 0.953. The predicted molar refractivity (Wildman–Crippen MR) is 428 cm³/mol. The van der Waals surface area contributed by atoms with Crippen molar-refractivity contribution in [3.8, 4) is 0 Å². The van der Waals surface area contributed by atoms with Crippen molar-refractivity contribution in [1.29, 1.82) is 0 Å². The molecule has 17 nitrogen and oxygen atoms in total. The highest BCUT2D eigenvalue weighted by atomic mass is 31.2. The molecule has 0 rings (SSSR count). The predicted octanol–water partition coefficient (Wildman–Crippen LogP) is 26.1. The second kappa shape index (κ2) is 79.2. The molecule has 0 amide bonds. The van der Waals surface area contributed by atoms with E-state index >= 15 is 0 Å². The number of carbonyl (C=O) groups is 4. The van der Waals surface area contributed by atoms with Crippen LogP contribution in [0.25, 0.3) is 0 Å². The van der Waals surface area contributed by atoms with Crippen molar-refractivity contribution in [2.24, 2.45) is 0 Å². The summed E-state index contributed by atoms with van der Waals surface area (Å²) in [6.45, 7) is 5.00. The third kappa shape index (κ3) is 78.2. The van der Waals surface area contributed by atoms with Crippen LogP contribution >= 0.6 is 15.6 Å². The minimum absolute atomic E-state index is 0.108. The number of carbonyl (C=O) groups excluding carboxylic acids is 4. The first-order chi connectivity index (χ1) is 50.7. The average Bonchev–Trinajstić information content (AvgIpc) is 1.01. The Hall–Kier alpha value is -1.94. The van der Waals surface area contributed by atoms with E-state index < -0.39 is 97.5 Å². The molecule has 0 aromatic rings. The molecule has 0 aliphatic carbocycles. The molecule has 0 aliphatic heterocycles. The molecule has 0 radical (unpaired) electrons. The van der Waals surface area contributed by atoms with Gasteiger partial charge in [-0.05, 0) is 25.7 Å². The number of hydrogen-bond acceptors (Lipinski definition) is 15. The third-order valence-corrected chi connectivity index (χ3v) is 22.0. The monoisotopic (exact) mass is 1520 g/mol. The molecule has 0 aromatic heterocycles. The molecule has 618 valence electrons. The van der Waals surface area contributed by atoms with E-state index in [0.717, 1.165) is 103 Å². The molecule has 0 aliphatic rings. The lowest BCUT2D eigenvalue weighted by atomic mass is 10.0. The Bertz CT molecular complexity index is 1960. The minimum atomic E-state index is -4.96. The third-order valence-electron chi connectivity index (χ3n) is 20.1.